The van der Waals surface area contributed by atoms with Gasteiger partial charge in [0, 0.05) is 11.3 Å². The Bertz CT molecular complexity index is 679. The Morgan fingerprint density at radius 3 is 2.38 bits per heavy atom. The van der Waals surface area contributed by atoms with Crippen LogP contribution in [0.25, 0.3) is 0 Å². The molecule has 1 amide bonds. The van der Waals surface area contributed by atoms with Crippen molar-refractivity contribution in [2.45, 2.75) is 55.4 Å². The summed E-state index contributed by atoms with van der Waals surface area (Å²) in [4.78, 5) is 16.9. The monoisotopic (exact) mass is 433 g/mol. The van der Waals surface area contributed by atoms with Crippen molar-refractivity contribution in [3.63, 3.8) is 0 Å². The van der Waals surface area contributed by atoms with Crippen LogP contribution in [0.1, 0.15) is 54.4 Å². The summed E-state index contributed by atoms with van der Waals surface area (Å²) < 4.78 is -1.78. The molecular weight excluding hydrogens is 413 g/mol. The fourth-order valence-corrected chi connectivity index (χ4v) is 3.32. The molecule has 0 saturated heterocycles. The number of nitrogens with one attached hydrogen (secondary N) is 2. The van der Waals surface area contributed by atoms with E-state index in [-0.39, 0.29) is 11.0 Å². The summed E-state index contributed by atoms with van der Waals surface area (Å²) in [7, 11) is 0. The van der Waals surface area contributed by atoms with Crippen molar-refractivity contribution in [2.75, 3.05) is 0 Å². The summed E-state index contributed by atoms with van der Waals surface area (Å²) in [6, 6.07) is 7.15. The van der Waals surface area contributed by atoms with E-state index in [0.717, 1.165) is 37.0 Å². The molecule has 0 radical (unpaired) electrons. The van der Waals surface area contributed by atoms with Crippen LogP contribution >= 0.6 is 47.0 Å². The molecule has 0 aromatic heterocycles. The summed E-state index contributed by atoms with van der Waals surface area (Å²) in [6.45, 7) is 1.90. The summed E-state index contributed by atoms with van der Waals surface area (Å²) in [6.07, 6.45) is 5.50. The van der Waals surface area contributed by atoms with Gasteiger partial charge in [-0.2, -0.15) is 0 Å². The van der Waals surface area contributed by atoms with Gasteiger partial charge in [-0.25, -0.2) is 4.99 Å². The van der Waals surface area contributed by atoms with E-state index in [2.05, 4.69) is 15.6 Å². The predicted octanol–water partition coefficient (Wildman–Crippen LogP) is 5.09. The molecule has 1 fully saturated rings. The molecule has 2 N–H and O–H groups in total. The first-order chi connectivity index (χ1) is 12.3. The number of alkyl halides is 3. The predicted molar refractivity (Wildman–Crippen MR) is 114 cm³/mol. The highest BCUT2D eigenvalue weighted by Crippen LogP contribution is 2.29. The van der Waals surface area contributed by atoms with Gasteiger partial charge in [0.25, 0.3) is 5.91 Å². The Balaban J connectivity index is 2.06. The fraction of sp³-hybridized carbons (Fsp3) is 0.500. The van der Waals surface area contributed by atoms with Gasteiger partial charge in [-0.3, -0.25) is 4.79 Å². The largest absolute Gasteiger partial charge is 0.337 e. The first kappa shape index (κ1) is 21.4. The second-order valence-electron chi connectivity index (χ2n) is 6.36. The quantitative estimate of drug-likeness (QED) is 0.301. The van der Waals surface area contributed by atoms with Gasteiger partial charge >= 0.3 is 0 Å². The van der Waals surface area contributed by atoms with Gasteiger partial charge in [0.15, 0.2) is 5.11 Å². The molecule has 1 saturated carbocycles. The molecule has 0 bridgehead atoms. The number of hydrogen-bond acceptors (Lipinski definition) is 2. The Kier molecular flexibility index (Phi) is 8.14. The Morgan fingerprint density at radius 1 is 1.15 bits per heavy atom. The molecule has 4 nitrogen and oxygen atoms in total. The lowest BCUT2D eigenvalue weighted by Crippen LogP contribution is -2.54. The van der Waals surface area contributed by atoms with Gasteiger partial charge in [-0.15, -0.1) is 0 Å². The van der Waals surface area contributed by atoms with Crippen LogP contribution in [0.4, 0.5) is 0 Å². The van der Waals surface area contributed by atoms with Crippen molar-refractivity contribution in [1.29, 1.82) is 0 Å². The van der Waals surface area contributed by atoms with Crippen molar-refractivity contribution in [3.05, 3.63) is 35.4 Å². The number of carbonyl (C=O) groups is 1. The molecule has 1 aliphatic carbocycles. The molecule has 1 aliphatic rings. The number of halogens is 3. The average molecular weight is 435 g/mol. The van der Waals surface area contributed by atoms with Crippen LogP contribution in [-0.2, 0) is 0 Å². The molecule has 0 spiro atoms. The standard InChI is InChI=1S/C18H22Cl3N3OS/c1-12-7-6-8-13(11-12)15(25)23-16(18(19,20)21)24-17(26)22-14-9-4-2-3-5-10-14/h6-8,11,16H,2-5,9-10H2,1H3,(H,23,25)(H,24,26)/t16-/m0/s1. The number of aliphatic imine (C=N–C) groups is 1. The molecule has 0 aliphatic heterocycles. The first-order valence-corrected chi connectivity index (χ1v) is 10.1. The zero-order valence-corrected chi connectivity index (χ0v) is 17.6. The Labute approximate surface area is 174 Å². The van der Waals surface area contributed by atoms with Crippen LogP contribution in [0.15, 0.2) is 29.3 Å². The molecule has 1 atom stereocenters. The van der Waals surface area contributed by atoms with Crippen molar-refractivity contribution in [2.24, 2.45) is 4.99 Å². The molecule has 1 aromatic rings. The summed E-state index contributed by atoms with van der Waals surface area (Å²) in [5, 5.41) is 5.75. The van der Waals surface area contributed by atoms with E-state index >= 15 is 0 Å². The normalized spacial score (nSPS) is 16.4. The Hall–Kier alpha value is -0.880. The minimum Gasteiger partial charge on any atom is -0.337 e. The third-order valence-corrected chi connectivity index (χ3v) is 4.95. The molecule has 8 heteroatoms. The average Bonchev–Trinajstić information content (AvgIpc) is 2.82. The number of carbonyl (C=O) groups excluding carboxylic acids is 1. The highest BCUT2D eigenvalue weighted by Gasteiger charge is 2.35. The van der Waals surface area contributed by atoms with E-state index in [1.165, 1.54) is 12.8 Å². The van der Waals surface area contributed by atoms with Gasteiger partial charge in [-0.05, 0) is 57.0 Å². The fourth-order valence-electron chi connectivity index (χ4n) is 2.75. The molecule has 1 aromatic carbocycles. The van der Waals surface area contributed by atoms with E-state index in [4.69, 9.17) is 47.0 Å². The van der Waals surface area contributed by atoms with Crippen LogP contribution < -0.4 is 10.6 Å². The SMILES string of the molecule is Cc1cccc(C(=O)N[C@@H](NC(=S)N=C2CCCCCC2)C(Cl)(Cl)Cl)c1. The van der Waals surface area contributed by atoms with Gasteiger partial charge in [0.05, 0.1) is 0 Å². The zero-order valence-electron chi connectivity index (χ0n) is 14.5. The van der Waals surface area contributed by atoms with Crippen molar-refractivity contribution in [1.82, 2.24) is 10.6 Å². The van der Waals surface area contributed by atoms with E-state index in [1.807, 2.05) is 13.0 Å². The second-order valence-corrected chi connectivity index (χ2v) is 9.11. The van der Waals surface area contributed by atoms with Crippen molar-refractivity contribution >= 4 is 63.8 Å². The number of hydrogen-bond donors (Lipinski definition) is 2. The molecule has 2 rings (SSSR count). The van der Waals surface area contributed by atoms with Gasteiger partial charge in [0.1, 0.15) is 6.17 Å². The maximum absolute atomic E-state index is 12.5. The minimum absolute atomic E-state index is 0.211. The topological polar surface area (TPSA) is 53.5 Å². The van der Waals surface area contributed by atoms with Gasteiger partial charge in [0.2, 0.25) is 3.79 Å². The Morgan fingerprint density at radius 2 is 1.81 bits per heavy atom. The van der Waals surface area contributed by atoms with Crippen LogP contribution in [0.3, 0.4) is 0 Å². The second kappa shape index (κ2) is 9.88. The van der Waals surface area contributed by atoms with E-state index in [1.54, 1.807) is 18.2 Å². The maximum Gasteiger partial charge on any atom is 0.252 e. The minimum atomic E-state index is -1.78. The number of benzene rings is 1. The lowest BCUT2D eigenvalue weighted by atomic mass is 10.1. The lowest BCUT2D eigenvalue weighted by Gasteiger charge is -2.26. The number of amides is 1. The van der Waals surface area contributed by atoms with Gasteiger partial charge < -0.3 is 10.6 Å². The summed E-state index contributed by atoms with van der Waals surface area (Å²) >= 11 is 23.4. The van der Waals surface area contributed by atoms with Crippen LogP contribution in [0, 0.1) is 6.92 Å². The first-order valence-electron chi connectivity index (χ1n) is 8.57. The van der Waals surface area contributed by atoms with Crippen molar-refractivity contribution in [3.8, 4) is 0 Å². The van der Waals surface area contributed by atoms with E-state index < -0.39 is 9.96 Å². The molecule has 142 valence electrons. The highest BCUT2D eigenvalue weighted by molar-refractivity contribution is 7.80. The third-order valence-electron chi connectivity index (χ3n) is 4.09. The number of nitrogens with zero attached hydrogens (tertiary/aromatic N) is 1. The van der Waals surface area contributed by atoms with Crippen LogP contribution in [-0.4, -0.2) is 26.7 Å². The highest BCUT2D eigenvalue weighted by atomic mass is 35.6. The van der Waals surface area contributed by atoms with E-state index in [9.17, 15) is 4.79 Å². The third kappa shape index (κ3) is 7.03. The molecule has 0 unspecified atom stereocenters. The number of rotatable bonds is 3. The number of thiocarbonyl (C=S) groups is 1. The maximum atomic E-state index is 12.5. The zero-order chi connectivity index (χ0) is 19.2. The molecule has 0 heterocycles. The molecule has 26 heavy (non-hydrogen) atoms. The molecular formula is C18H22Cl3N3OS. The number of aryl methyl sites for hydroxylation is 1. The van der Waals surface area contributed by atoms with E-state index in [0.29, 0.717) is 5.56 Å². The van der Waals surface area contributed by atoms with Gasteiger partial charge in [-0.1, -0.05) is 65.3 Å². The van der Waals surface area contributed by atoms with Crippen molar-refractivity contribution < 1.29 is 4.79 Å². The smallest absolute Gasteiger partial charge is 0.252 e. The lowest BCUT2D eigenvalue weighted by molar-refractivity contribution is 0.0934. The summed E-state index contributed by atoms with van der Waals surface area (Å²) in [5.41, 5.74) is 2.49. The van der Waals surface area contributed by atoms with Crippen LogP contribution in [0.2, 0.25) is 0 Å². The summed E-state index contributed by atoms with van der Waals surface area (Å²) in [5.74, 6) is -0.359. The van der Waals surface area contributed by atoms with Crippen LogP contribution in [0.5, 0.6) is 0 Å².